The van der Waals surface area contributed by atoms with Crippen LogP contribution < -0.4 is 15.4 Å². The Labute approximate surface area is 425 Å². The number of benzene rings is 1. The molecule has 1 aromatic carbocycles. The minimum absolute atomic E-state index is 0.0149. The van der Waals surface area contributed by atoms with Crippen molar-refractivity contribution in [2.45, 2.75) is 140 Å². The van der Waals surface area contributed by atoms with E-state index in [-0.39, 0.29) is 62.9 Å². The van der Waals surface area contributed by atoms with E-state index in [0.717, 1.165) is 34.0 Å². The van der Waals surface area contributed by atoms with E-state index in [1.165, 1.54) is 37.9 Å². The van der Waals surface area contributed by atoms with Crippen molar-refractivity contribution < 1.29 is 76.6 Å². The van der Waals surface area contributed by atoms with E-state index in [2.05, 4.69) is 10.6 Å². The molecule has 4 amide bonds. The van der Waals surface area contributed by atoms with E-state index >= 15 is 0 Å². The monoisotopic (exact) mass is 1030 g/mol. The summed E-state index contributed by atoms with van der Waals surface area (Å²) in [5.74, 6) is -2.57. The van der Waals surface area contributed by atoms with Gasteiger partial charge in [0.2, 0.25) is 5.91 Å². The normalized spacial score (nSPS) is 30.1. The van der Waals surface area contributed by atoms with Crippen molar-refractivity contribution in [3.63, 3.8) is 0 Å². The number of allylic oxidation sites excluding steroid dienone is 3. The van der Waals surface area contributed by atoms with Crippen molar-refractivity contribution in [2.75, 3.05) is 60.6 Å². The molecule has 20 nitrogen and oxygen atoms in total. The average Bonchev–Trinajstić information content (AvgIpc) is 4.03. The first-order valence-electron chi connectivity index (χ1n) is 24.2. The molecule has 1 aromatic rings. The van der Waals surface area contributed by atoms with Gasteiger partial charge in [0.15, 0.2) is 11.5 Å². The second-order valence-corrected chi connectivity index (χ2v) is 20.1. The van der Waals surface area contributed by atoms with E-state index < -0.39 is 95.1 Å². The zero-order valence-corrected chi connectivity index (χ0v) is 44.0. The molecule has 72 heavy (non-hydrogen) atoms. The number of rotatable bonds is 14. The maximum absolute atomic E-state index is 14.5. The molecule has 0 aromatic heterocycles. The van der Waals surface area contributed by atoms with Crippen molar-refractivity contribution in [3.8, 4) is 5.75 Å². The lowest BCUT2D eigenvalue weighted by Gasteiger charge is -2.42. The van der Waals surface area contributed by atoms with Crippen molar-refractivity contribution in [1.29, 1.82) is 0 Å². The lowest BCUT2D eigenvalue weighted by Crippen LogP contribution is -2.63. The van der Waals surface area contributed by atoms with E-state index in [9.17, 15) is 38.7 Å². The van der Waals surface area contributed by atoms with Gasteiger partial charge in [0, 0.05) is 64.5 Å². The number of methoxy groups -OCH3 is 2. The molecular weight excluding hydrogens is 957 g/mol. The molecule has 21 heteroatoms. The van der Waals surface area contributed by atoms with Gasteiger partial charge in [-0.05, 0) is 62.9 Å². The molecule has 5 unspecified atom stereocenters. The van der Waals surface area contributed by atoms with Gasteiger partial charge in [0.05, 0.1) is 33.0 Å². The highest BCUT2D eigenvalue weighted by Crippen LogP contribution is 2.49. The predicted octanol–water partition coefficient (Wildman–Crippen LogP) is 5.06. The summed E-state index contributed by atoms with van der Waals surface area (Å²) in [6.07, 6.45) is 2.65. The van der Waals surface area contributed by atoms with Crippen molar-refractivity contribution >= 4 is 52.6 Å². The number of carbonyl (C=O) groups is 7. The number of hydrogen-bond donors (Lipinski definition) is 3. The second-order valence-electron chi connectivity index (χ2n) is 19.0. The number of ketones is 2. The number of likely N-dealkylation sites (N-methyl/N-ethyl adjacent to an activating group) is 2. The van der Waals surface area contributed by atoms with Gasteiger partial charge in [-0.25, -0.2) is 14.4 Å². The highest BCUT2D eigenvalue weighted by Gasteiger charge is 2.64. The SMILES string of the molecule is CCC(=O)C(CN(C)C(=O)OC1/C=C/COCOC1)NC(=O)SCCC(=O)N(C)[C@@H](C)C(=O)O[C@H]1CC(=O)C(C)c2cc(cc(OC)c2C)C/C(C)=C/C=C/C(OC)C2(O)C[C@H](OC(=O)N2)[C@@H](C)[C@@H]2O[C@@]12C. The van der Waals surface area contributed by atoms with Crippen LogP contribution in [0.4, 0.5) is 14.4 Å². The maximum Gasteiger partial charge on any atom is 0.410 e. The molecule has 1 aliphatic carbocycles. The number of hydrogen-bond acceptors (Lipinski definition) is 17. The van der Waals surface area contributed by atoms with Gasteiger partial charge in [0.1, 0.15) is 60.4 Å². The third kappa shape index (κ3) is 14.7. The number of ether oxygens (including phenoxy) is 8. The Hall–Kier alpha value is -5.32. The number of nitrogens with one attached hydrogen (secondary N) is 2. The fraction of sp³-hybridized carbons (Fsp3) is 0.627. The van der Waals surface area contributed by atoms with Crippen LogP contribution in [0.15, 0.2) is 48.1 Å². The molecule has 3 aliphatic heterocycles. The van der Waals surface area contributed by atoms with Gasteiger partial charge < -0.3 is 58.1 Å². The first-order valence-corrected chi connectivity index (χ1v) is 25.2. The van der Waals surface area contributed by atoms with Gasteiger partial charge in [-0.15, -0.1) is 0 Å². The topological polar surface area (TPSA) is 247 Å². The minimum atomic E-state index is -1.87. The first-order chi connectivity index (χ1) is 34.0. The van der Waals surface area contributed by atoms with Gasteiger partial charge in [-0.2, -0.15) is 0 Å². The lowest BCUT2D eigenvalue weighted by atomic mass is 9.82. The molecule has 2 saturated heterocycles. The molecule has 398 valence electrons. The van der Waals surface area contributed by atoms with Crippen LogP contribution in [0.2, 0.25) is 0 Å². The van der Waals surface area contributed by atoms with Gasteiger partial charge in [0.25, 0.3) is 5.24 Å². The van der Waals surface area contributed by atoms with E-state index in [1.807, 2.05) is 32.1 Å². The Kier molecular flexibility index (Phi) is 20.4. The molecule has 0 saturated carbocycles. The fourth-order valence-corrected chi connectivity index (χ4v) is 9.72. The smallest absolute Gasteiger partial charge is 0.410 e. The first kappa shape index (κ1) is 57.6. The minimum Gasteiger partial charge on any atom is -0.496 e. The summed E-state index contributed by atoms with van der Waals surface area (Å²) in [5.41, 5.74) is 0.198. The Morgan fingerprint density at radius 3 is 2.49 bits per heavy atom. The van der Waals surface area contributed by atoms with Crippen molar-refractivity contribution in [1.82, 2.24) is 20.4 Å². The van der Waals surface area contributed by atoms with E-state index in [1.54, 1.807) is 59.1 Å². The highest BCUT2D eigenvalue weighted by atomic mass is 32.2. The average molecular weight is 1030 g/mol. The van der Waals surface area contributed by atoms with E-state index in [0.29, 0.717) is 18.8 Å². The zero-order valence-electron chi connectivity index (χ0n) is 43.2. The number of epoxide rings is 1. The predicted molar refractivity (Wildman–Crippen MR) is 264 cm³/mol. The zero-order chi connectivity index (χ0) is 53.1. The lowest BCUT2D eigenvalue weighted by molar-refractivity contribution is -0.162. The summed E-state index contributed by atoms with van der Waals surface area (Å²) in [4.78, 5) is 96.3. The third-order valence-electron chi connectivity index (χ3n) is 13.8. The van der Waals surface area contributed by atoms with Crippen LogP contribution in [0.1, 0.15) is 89.8 Å². The van der Waals surface area contributed by atoms with E-state index in [4.69, 9.17) is 37.9 Å². The molecule has 11 atom stereocenters. The second kappa shape index (κ2) is 25.6. The summed E-state index contributed by atoms with van der Waals surface area (Å²) >= 11 is 0.761. The highest BCUT2D eigenvalue weighted by molar-refractivity contribution is 8.13. The van der Waals surface area contributed by atoms with Crippen LogP contribution in [0, 0.1) is 12.8 Å². The number of nitrogens with zero attached hydrogens (tertiary/aromatic N) is 2. The quantitative estimate of drug-likeness (QED) is 0.0954. The summed E-state index contributed by atoms with van der Waals surface area (Å²) in [6, 6.07) is 1.67. The summed E-state index contributed by atoms with van der Waals surface area (Å²) in [5, 5.41) is 16.4. The largest absolute Gasteiger partial charge is 0.496 e. The molecule has 3 heterocycles. The number of amides is 4. The van der Waals surface area contributed by atoms with Gasteiger partial charge >= 0.3 is 18.2 Å². The van der Waals surface area contributed by atoms with Crippen LogP contribution >= 0.6 is 11.8 Å². The fourth-order valence-electron chi connectivity index (χ4n) is 9.03. The number of Topliss-reactive ketones (excluding diaryl/α,β-unsaturated/α-hetero) is 2. The Balaban J connectivity index is 1.28. The number of carbonyl (C=O) groups excluding carboxylic acids is 7. The molecule has 2 fully saturated rings. The van der Waals surface area contributed by atoms with Crippen LogP contribution in [0.25, 0.3) is 0 Å². The summed E-state index contributed by atoms with van der Waals surface area (Å²) < 4.78 is 45.6. The van der Waals surface area contributed by atoms with Gasteiger partial charge in [-0.1, -0.05) is 68.5 Å². The Bertz CT molecular complexity index is 2260. The molecule has 3 N–H and O–H groups in total. The third-order valence-corrected chi connectivity index (χ3v) is 14.5. The van der Waals surface area contributed by atoms with Crippen LogP contribution in [0.3, 0.4) is 0 Å². The number of fused-ring (bicyclic) bond motifs is 5. The number of esters is 1. The molecule has 0 spiro atoms. The van der Waals surface area contributed by atoms with Crippen LogP contribution in [-0.2, 0) is 58.8 Å². The Morgan fingerprint density at radius 1 is 1.06 bits per heavy atom. The molecule has 0 radical (unpaired) electrons. The van der Waals surface area contributed by atoms with Crippen molar-refractivity contribution in [2.24, 2.45) is 5.92 Å². The number of thioether (sulfide) groups is 1. The van der Waals surface area contributed by atoms with Crippen molar-refractivity contribution in [3.05, 3.63) is 64.8 Å². The number of alkyl carbamates (subject to hydrolysis) is 1. The molecular formula is C51H72N4O16S. The maximum atomic E-state index is 14.5. The van der Waals surface area contributed by atoms with Crippen LogP contribution in [0.5, 0.6) is 5.75 Å². The summed E-state index contributed by atoms with van der Waals surface area (Å²) in [6.45, 7) is 12.5. The van der Waals surface area contributed by atoms with Gasteiger partial charge in [-0.3, -0.25) is 24.5 Å². The standard InChI is InChI=1S/C51H72N4O16S/c1-12-38(56)37(26-54(8)49(62)68-35-16-14-19-66-28-67-27-35)52-48(61)72-20-18-44(58)55(9)33(6)46(59)70-43-24-39(57)30(3)36-22-34(23-40(64-10)31(36)4)21-29(2)15-13-17-42(65-11)51(63)25-41(69-47(60)53-51)32(5)45-50(43,7)71-45/h13-17,22-23,30,32-33,35,37,41-43,45,63H,12,18-21,24-28H2,1-11H3,(H,52,61)(H,53,60)/b16-14+,17-13+,29-15+/t30?,32-,33+,35?,37?,41+,42?,43+,45+,50+,51?/m1/s1. The summed E-state index contributed by atoms with van der Waals surface area (Å²) in [7, 11) is 5.85. The molecule has 4 bridgehead atoms. The Morgan fingerprint density at radius 2 is 1.79 bits per heavy atom. The van der Waals surface area contributed by atoms with Crippen LogP contribution in [-0.4, -0.2) is 170 Å². The molecule has 5 rings (SSSR count). The number of aliphatic hydroxyl groups is 1. The molecule has 4 aliphatic rings.